The summed E-state index contributed by atoms with van der Waals surface area (Å²) in [6.07, 6.45) is 8.01. The van der Waals surface area contributed by atoms with Crippen LogP contribution in [0.15, 0.2) is 24.8 Å². The van der Waals surface area contributed by atoms with Gasteiger partial charge in [0.1, 0.15) is 0 Å². The van der Waals surface area contributed by atoms with Gasteiger partial charge in [0.15, 0.2) is 0 Å². The van der Waals surface area contributed by atoms with Gasteiger partial charge in [-0.1, -0.05) is 44.1 Å². The molecule has 2 aliphatic rings. The second kappa shape index (κ2) is 4.60. The van der Waals surface area contributed by atoms with Crippen molar-refractivity contribution in [2.24, 2.45) is 0 Å². The number of nitrogens with zero attached hydrogens (tertiary/aromatic N) is 1. The van der Waals surface area contributed by atoms with E-state index in [1.54, 1.807) is 6.08 Å². The summed E-state index contributed by atoms with van der Waals surface area (Å²) in [5.41, 5.74) is 3.10. The zero-order valence-electron chi connectivity index (χ0n) is 10.7. The van der Waals surface area contributed by atoms with Crippen molar-refractivity contribution < 1.29 is 4.79 Å². The SMILES string of the molecule is C=Cc1ccc2c(c1)C(=O)N(C1CCCCC1)C2. The molecule has 1 saturated carbocycles. The lowest BCUT2D eigenvalue weighted by atomic mass is 9.94. The molecule has 0 bridgehead atoms. The molecule has 1 amide bonds. The van der Waals surface area contributed by atoms with E-state index in [-0.39, 0.29) is 5.91 Å². The van der Waals surface area contributed by atoms with Crippen LogP contribution in [0.3, 0.4) is 0 Å². The van der Waals surface area contributed by atoms with Crippen LogP contribution in [0.4, 0.5) is 0 Å². The summed E-state index contributed by atoms with van der Waals surface area (Å²) in [5.74, 6) is 0.223. The molecule has 2 heteroatoms. The minimum Gasteiger partial charge on any atom is -0.331 e. The molecule has 0 spiro atoms. The fourth-order valence-corrected chi connectivity index (χ4v) is 3.16. The Morgan fingerprint density at radius 1 is 1.22 bits per heavy atom. The van der Waals surface area contributed by atoms with Crippen LogP contribution in [-0.4, -0.2) is 16.8 Å². The first kappa shape index (κ1) is 11.5. The van der Waals surface area contributed by atoms with E-state index in [1.165, 1.54) is 37.7 Å². The lowest BCUT2D eigenvalue weighted by Crippen LogP contribution is -2.36. The van der Waals surface area contributed by atoms with Crippen LogP contribution in [0, 0.1) is 0 Å². The smallest absolute Gasteiger partial charge is 0.254 e. The third-order valence-corrected chi connectivity index (χ3v) is 4.22. The summed E-state index contributed by atoms with van der Waals surface area (Å²) >= 11 is 0. The van der Waals surface area contributed by atoms with Gasteiger partial charge in [-0.3, -0.25) is 4.79 Å². The van der Waals surface area contributed by atoms with Gasteiger partial charge in [-0.05, 0) is 30.0 Å². The zero-order chi connectivity index (χ0) is 12.5. The van der Waals surface area contributed by atoms with Gasteiger partial charge < -0.3 is 4.90 Å². The van der Waals surface area contributed by atoms with Crippen molar-refractivity contribution in [1.82, 2.24) is 4.90 Å². The molecule has 0 unspecified atom stereocenters. The van der Waals surface area contributed by atoms with Gasteiger partial charge in [-0.25, -0.2) is 0 Å². The van der Waals surface area contributed by atoms with E-state index in [0.717, 1.165) is 17.7 Å². The summed E-state index contributed by atoms with van der Waals surface area (Å²) in [7, 11) is 0. The van der Waals surface area contributed by atoms with Crippen molar-refractivity contribution in [2.45, 2.75) is 44.7 Å². The number of amides is 1. The number of carbonyl (C=O) groups is 1. The highest BCUT2D eigenvalue weighted by molar-refractivity contribution is 5.99. The molecule has 94 valence electrons. The van der Waals surface area contributed by atoms with Crippen LogP contribution in [0.5, 0.6) is 0 Å². The topological polar surface area (TPSA) is 20.3 Å². The predicted molar refractivity (Wildman–Crippen MR) is 73.3 cm³/mol. The first-order chi connectivity index (χ1) is 8.79. The van der Waals surface area contributed by atoms with Gasteiger partial charge in [-0.15, -0.1) is 0 Å². The monoisotopic (exact) mass is 241 g/mol. The van der Waals surface area contributed by atoms with Crippen LogP contribution in [0.25, 0.3) is 6.08 Å². The van der Waals surface area contributed by atoms with Crippen molar-refractivity contribution >= 4 is 12.0 Å². The minimum absolute atomic E-state index is 0.223. The average Bonchev–Trinajstić information content (AvgIpc) is 2.77. The van der Waals surface area contributed by atoms with Gasteiger partial charge in [-0.2, -0.15) is 0 Å². The molecule has 0 aromatic heterocycles. The molecule has 0 atom stereocenters. The van der Waals surface area contributed by atoms with Gasteiger partial charge in [0.25, 0.3) is 5.91 Å². The van der Waals surface area contributed by atoms with Crippen LogP contribution in [0.1, 0.15) is 53.6 Å². The second-order valence-corrected chi connectivity index (χ2v) is 5.35. The van der Waals surface area contributed by atoms with E-state index in [2.05, 4.69) is 17.5 Å². The summed E-state index contributed by atoms with van der Waals surface area (Å²) in [6, 6.07) is 6.56. The Balaban J connectivity index is 1.86. The number of fused-ring (bicyclic) bond motifs is 1. The summed E-state index contributed by atoms with van der Waals surface area (Å²) in [4.78, 5) is 14.5. The van der Waals surface area contributed by atoms with E-state index in [9.17, 15) is 4.79 Å². The molecule has 2 nitrogen and oxygen atoms in total. The quantitative estimate of drug-likeness (QED) is 0.774. The molecule has 1 fully saturated rings. The first-order valence-electron chi connectivity index (χ1n) is 6.86. The third kappa shape index (κ3) is 1.86. The Hall–Kier alpha value is -1.57. The van der Waals surface area contributed by atoms with Crippen molar-refractivity contribution in [3.8, 4) is 0 Å². The van der Waals surface area contributed by atoms with E-state index in [0.29, 0.717) is 6.04 Å². The number of rotatable bonds is 2. The molecule has 1 aromatic rings. The van der Waals surface area contributed by atoms with Gasteiger partial charge >= 0.3 is 0 Å². The summed E-state index contributed by atoms with van der Waals surface area (Å²) in [6.45, 7) is 4.57. The van der Waals surface area contributed by atoms with E-state index in [4.69, 9.17) is 0 Å². The fraction of sp³-hybridized carbons (Fsp3) is 0.438. The average molecular weight is 241 g/mol. The molecule has 0 N–H and O–H groups in total. The van der Waals surface area contributed by atoms with Crippen LogP contribution < -0.4 is 0 Å². The number of hydrogen-bond acceptors (Lipinski definition) is 1. The van der Waals surface area contributed by atoms with Crippen molar-refractivity contribution in [3.63, 3.8) is 0 Å². The van der Waals surface area contributed by atoms with Gasteiger partial charge in [0, 0.05) is 18.2 Å². The van der Waals surface area contributed by atoms with E-state index in [1.807, 2.05) is 12.1 Å². The van der Waals surface area contributed by atoms with Crippen LogP contribution in [-0.2, 0) is 6.54 Å². The maximum absolute atomic E-state index is 12.5. The van der Waals surface area contributed by atoms with Crippen LogP contribution in [0.2, 0.25) is 0 Å². The fourth-order valence-electron chi connectivity index (χ4n) is 3.16. The highest BCUT2D eigenvalue weighted by Crippen LogP contribution is 2.31. The number of carbonyl (C=O) groups excluding carboxylic acids is 1. The molecule has 3 rings (SSSR count). The zero-order valence-corrected chi connectivity index (χ0v) is 10.7. The molecule has 1 heterocycles. The van der Waals surface area contributed by atoms with Crippen molar-refractivity contribution in [3.05, 3.63) is 41.5 Å². The van der Waals surface area contributed by atoms with E-state index >= 15 is 0 Å². The largest absolute Gasteiger partial charge is 0.331 e. The maximum Gasteiger partial charge on any atom is 0.254 e. The maximum atomic E-state index is 12.5. The third-order valence-electron chi connectivity index (χ3n) is 4.22. The highest BCUT2D eigenvalue weighted by atomic mass is 16.2. The Morgan fingerprint density at radius 3 is 2.72 bits per heavy atom. The normalized spacial score (nSPS) is 20.0. The Morgan fingerprint density at radius 2 is 2.00 bits per heavy atom. The Kier molecular flexibility index (Phi) is 2.94. The molecule has 0 radical (unpaired) electrons. The Bertz CT molecular complexity index is 486. The van der Waals surface area contributed by atoms with E-state index < -0.39 is 0 Å². The first-order valence-corrected chi connectivity index (χ1v) is 6.86. The molecular weight excluding hydrogens is 222 g/mol. The van der Waals surface area contributed by atoms with Gasteiger partial charge in [0.2, 0.25) is 0 Å². The molecule has 1 aliphatic carbocycles. The second-order valence-electron chi connectivity index (χ2n) is 5.35. The van der Waals surface area contributed by atoms with Crippen molar-refractivity contribution in [2.75, 3.05) is 0 Å². The summed E-state index contributed by atoms with van der Waals surface area (Å²) < 4.78 is 0. The standard InChI is InChI=1S/C16H19NO/c1-2-12-8-9-13-11-17(16(18)15(13)10-12)14-6-4-3-5-7-14/h2,8-10,14H,1,3-7,11H2. The van der Waals surface area contributed by atoms with Crippen molar-refractivity contribution in [1.29, 1.82) is 0 Å². The lowest BCUT2D eigenvalue weighted by molar-refractivity contribution is 0.0660. The predicted octanol–water partition coefficient (Wildman–Crippen LogP) is 3.62. The number of hydrogen-bond donors (Lipinski definition) is 0. The molecule has 1 aromatic carbocycles. The highest BCUT2D eigenvalue weighted by Gasteiger charge is 2.33. The number of benzene rings is 1. The summed E-state index contributed by atoms with van der Waals surface area (Å²) in [5, 5.41) is 0. The Labute approximate surface area is 108 Å². The van der Waals surface area contributed by atoms with Gasteiger partial charge in [0.05, 0.1) is 0 Å². The molecule has 18 heavy (non-hydrogen) atoms. The molecule has 1 aliphatic heterocycles. The molecule has 0 saturated heterocycles. The lowest BCUT2D eigenvalue weighted by Gasteiger charge is -2.30. The van der Waals surface area contributed by atoms with Crippen LogP contribution >= 0.6 is 0 Å². The molecular formula is C16H19NO. The minimum atomic E-state index is 0.223.